The Balaban J connectivity index is 2.11. The Morgan fingerprint density at radius 3 is 2.74 bits per heavy atom. The lowest BCUT2D eigenvalue weighted by Crippen LogP contribution is -1.97. The van der Waals surface area contributed by atoms with Gasteiger partial charge in [-0.05, 0) is 24.6 Å². The molecule has 4 heteroatoms. The first kappa shape index (κ1) is 11.9. The van der Waals surface area contributed by atoms with Gasteiger partial charge >= 0.3 is 0 Å². The molecule has 0 aliphatic rings. The molecule has 0 spiro atoms. The molecule has 2 heterocycles. The smallest absolute Gasteiger partial charge is 0.0702 e. The molecular weight excluding hydrogens is 236 g/mol. The van der Waals surface area contributed by atoms with Crippen molar-refractivity contribution in [2.45, 2.75) is 13.5 Å². The quantitative estimate of drug-likeness (QED) is 0.762. The SMILES string of the molecule is Cc1nn(C)c2cc(-c3ccc(CN)cn3)ccc12. The van der Waals surface area contributed by atoms with Crippen LogP contribution in [0.25, 0.3) is 22.2 Å². The maximum absolute atomic E-state index is 5.58. The molecule has 0 unspecified atom stereocenters. The Morgan fingerprint density at radius 2 is 2.05 bits per heavy atom. The van der Waals surface area contributed by atoms with E-state index in [1.807, 2.05) is 37.0 Å². The van der Waals surface area contributed by atoms with Crippen LogP contribution in [-0.2, 0) is 13.6 Å². The zero-order valence-corrected chi connectivity index (χ0v) is 11.1. The highest BCUT2D eigenvalue weighted by molar-refractivity contribution is 5.86. The normalized spacial score (nSPS) is 11.1. The topological polar surface area (TPSA) is 56.7 Å². The summed E-state index contributed by atoms with van der Waals surface area (Å²) in [5.41, 5.74) is 10.9. The van der Waals surface area contributed by atoms with Gasteiger partial charge in [0.15, 0.2) is 0 Å². The van der Waals surface area contributed by atoms with Crippen molar-refractivity contribution in [1.82, 2.24) is 14.8 Å². The number of pyridine rings is 1. The molecule has 96 valence electrons. The molecule has 2 N–H and O–H groups in total. The summed E-state index contributed by atoms with van der Waals surface area (Å²) in [7, 11) is 1.96. The fourth-order valence-electron chi connectivity index (χ4n) is 2.31. The maximum atomic E-state index is 5.58. The molecule has 0 aliphatic carbocycles. The molecule has 0 saturated heterocycles. The summed E-state index contributed by atoms with van der Waals surface area (Å²) in [4.78, 5) is 4.45. The first-order valence-corrected chi connectivity index (χ1v) is 6.28. The van der Waals surface area contributed by atoms with Crippen molar-refractivity contribution < 1.29 is 0 Å². The number of nitrogens with zero attached hydrogens (tertiary/aromatic N) is 3. The van der Waals surface area contributed by atoms with Crippen molar-refractivity contribution in [3.8, 4) is 11.3 Å². The zero-order chi connectivity index (χ0) is 13.4. The second kappa shape index (κ2) is 4.48. The monoisotopic (exact) mass is 252 g/mol. The average molecular weight is 252 g/mol. The number of rotatable bonds is 2. The van der Waals surface area contributed by atoms with Crippen LogP contribution in [0, 0.1) is 6.92 Å². The van der Waals surface area contributed by atoms with Crippen molar-refractivity contribution >= 4 is 10.9 Å². The molecule has 3 aromatic rings. The van der Waals surface area contributed by atoms with Gasteiger partial charge in [-0.25, -0.2) is 0 Å². The van der Waals surface area contributed by atoms with Crippen LogP contribution in [-0.4, -0.2) is 14.8 Å². The molecule has 0 aliphatic heterocycles. The van der Waals surface area contributed by atoms with Crippen LogP contribution < -0.4 is 5.73 Å². The highest BCUT2D eigenvalue weighted by atomic mass is 15.3. The average Bonchev–Trinajstić information content (AvgIpc) is 2.74. The molecular formula is C15H16N4. The van der Waals surface area contributed by atoms with Crippen LogP contribution in [0.2, 0.25) is 0 Å². The van der Waals surface area contributed by atoms with E-state index in [1.54, 1.807) is 0 Å². The van der Waals surface area contributed by atoms with E-state index in [9.17, 15) is 0 Å². The Hall–Kier alpha value is -2.20. The number of benzene rings is 1. The third kappa shape index (κ3) is 2.00. The van der Waals surface area contributed by atoms with Gasteiger partial charge in [-0.1, -0.05) is 18.2 Å². The molecule has 1 aromatic carbocycles. The van der Waals surface area contributed by atoms with Crippen LogP contribution in [0.5, 0.6) is 0 Å². The third-order valence-corrected chi connectivity index (χ3v) is 3.39. The highest BCUT2D eigenvalue weighted by Gasteiger charge is 2.07. The van der Waals surface area contributed by atoms with Crippen LogP contribution >= 0.6 is 0 Å². The number of nitrogens with two attached hydrogens (primary N) is 1. The fraction of sp³-hybridized carbons (Fsp3) is 0.200. The van der Waals surface area contributed by atoms with Gasteiger partial charge in [0.25, 0.3) is 0 Å². The minimum atomic E-state index is 0.521. The van der Waals surface area contributed by atoms with Gasteiger partial charge in [0.2, 0.25) is 0 Å². The first-order valence-electron chi connectivity index (χ1n) is 6.28. The second-order valence-electron chi connectivity index (χ2n) is 4.70. The van der Waals surface area contributed by atoms with Crippen LogP contribution in [0.3, 0.4) is 0 Å². The summed E-state index contributed by atoms with van der Waals surface area (Å²) in [6, 6.07) is 10.3. The van der Waals surface area contributed by atoms with Crippen LogP contribution in [0.4, 0.5) is 0 Å². The summed E-state index contributed by atoms with van der Waals surface area (Å²) in [6.07, 6.45) is 1.83. The van der Waals surface area contributed by atoms with Crippen molar-refractivity contribution in [2.24, 2.45) is 12.8 Å². The first-order chi connectivity index (χ1) is 9.19. The molecule has 2 aromatic heterocycles. The van der Waals surface area contributed by atoms with E-state index in [2.05, 4.69) is 28.3 Å². The van der Waals surface area contributed by atoms with E-state index in [0.29, 0.717) is 6.54 Å². The van der Waals surface area contributed by atoms with E-state index in [-0.39, 0.29) is 0 Å². The second-order valence-corrected chi connectivity index (χ2v) is 4.70. The van der Waals surface area contributed by atoms with Gasteiger partial charge in [0.05, 0.1) is 16.9 Å². The molecule has 19 heavy (non-hydrogen) atoms. The van der Waals surface area contributed by atoms with Gasteiger partial charge in [0.1, 0.15) is 0 Å². The molecule has 3 rings (SSSR count). The number of hydrogen-bond acceptors (Lipinski definition) is 3. The zero-order valence-electron chi connectivity index (χ0n) is 11.1. The summed E-state index contributed by atoms with van der Waals surface area (Å²) >= 11 is 0. The van der Waals surface area contributed by atoms with E-state index in [0.717, 1.165) is 28.0 Å². The van der Waals surface area contributed by atoms with Crippen molar-refractivity contribution in [3.05, 3.63) is 47.8 Å². The minimum absolute atomic E-state index is 0.521. The van der Waals surface area contributed by atoms with Gasteiger partial charge in [0, 0.05) is 30.7 Å². The van der Waals surface area contributed by atoms with Crippen LogP contribution in [0.1, 0.15) is 11.3 Å². The third-order valence-electron chi connectivity index (χ3n) is 3.39. The molecule has 0 fully saturated rings. The molecule has 0 atom stereocenters. The Kier molecular flexibility index (Phi) is 2.80. The van der Waals surface area contributed by atoms with Gasteiger partial charge in [-0.3, -0.25) is 9.67 Å². The van der Waals surface area contributed by atoms with Crippen molar-refractivity contribution in [2.75, 3.05) is 0 Å². The Morgan fingerprint density at radius 1 is 1.21 bits per heavy atom. The van der Waals surface area contributed by atoms with Gasteiger partial charge in [-0.2, -0.15) is 5.10 Å². The van der Waals surface area contributed by atoms with Gasteiger partial charge < -0.3 is 5.73 Å². The Bertz CT molecular complexity index is 726. The van der Waals surface area contributed by atoms with Gasteiger partial charge in [-0.15, -0.1) is 0 Å². The Labute approximate surface area is 111 Å². The fourth-order valence-corrected chi connectivity index (χ4v) is 2.31. The predicted octanol–water partition coefficient (Wildman–Crippen LogP) is 2.40. The van der Waals surface area contributed by atoms with E-state index >= 15 is 0 Å². The standard InChI is InChI=1S/C15H16N4/c1-10-13-5-4-12(7-15(13)19(2)18-10)14-6-3-11(8-16)9-17-14/h3-7,9H,8,16H2,1-2H3. The number of hydrogen-bond donors (Lipinski definition) is 1. The van der Waals surface area contributed by atoms with Crippen molar-refractivity contribution in [3.63, 3.8) is 0 Å². The lowest BCUT2D eigenvalue weighted by atomic mass is 10.1. The lowest BCUT2D eigenvalue weighted by Gasteiger charge is -2.03. The van der Waals surface area contributed by atoms with Crippen LogP contribution in [0.15, 0.2) is 36.5 Å². The van der Waals surface area contributed by atoms with E-state index in [1.165, 1.54) is 5.39 Å². The summed E-state index contributed by atoms with van der Waals surface area (Å²) in [5.74, 6) is 0. The highest BCUT2D eigenvalue weighted by Crippen LogP contribution is 2.24. The number of fused-ring (bicyclic) bond motifs is 1. The number of aryl methyl sites for hydroxylation is 2. The van der Waals surface area contributed by atoms with E-state index in [4.69, 9.17) is 5.73 Å². The largest absolute Gasteiger partial charge is 0.326 e. The van der Waals surface area contributed by atoms with E-state index < -0.39 is 0 Å². The summed E-state index contributed by atoms with van der Waals surface area (Å²) < 4.78 is 1.91. The molecule has 0 radical (unpaired) electrons. The molecule has 0 amide bonds. The lowest BCUT2D eigenvalue weighted by molar-refractivity contribution is 0.783. The molecule has 4 nitrogen and oxygen atoms in total. The maximum Gasteiger partial charge on any atom is 0.0702 e. The predicted molar refractivity (Wildman–Crippen MR) is 76.6 cm³/mol. The number of aromatic nitrogens is 3. The minimum Gasteiger partial charge on any atom is -0.326 e. The summed E-state index contributed by atoms with van der Waals surface area (Å²) in [5, 5.41) is 5.62. The summed E-state index contributed by atoms with van der Waals surface area (Å²) in [6.45, 7) is 2.55. The van der Waals surface area contributed by atoms with Crippen molar-refractivity contribution in [1.29, 1.82) is 0 Å². The molecule has 0 saturated carbocycles. The molecule has 0 bridgehead atoms.